The van der Waals surface area contributed by atoms with Crippen LogP contribution in [0.4, 0.5) is 0 Å². The molecule has 1 aromatic heterocycles. The van der Waals surface area contributed by atoms with Gasteiger partial charge in [0.2, 0.25) is 0 Å². The number of amides is 1. The molecule has 0 radical (unpaired) electrons. The highest BCUT2D eigenvalue weighted by molar-refractivity contribution is 5.93. The first-order chi connectivity index (χ1) is 11.6. The van der Waals surface area contributed by atoms with Crippen LogP contribution in [0, 0.1) is 0 Å². The van der Waals surface area contributed by atoms with Gasteiger partial charge in [-0.25, -0.2) is 4.68 Å². The van der Waals surface area contributed by atoms with Crippen LogP contribution < -0.4 is 5.32 Å². The van der Waals surface area contributed by atoms with Crippen LogP contribution in [0.1, 0.15) is 43.5 Å². The Labute approximate surface area is 143 Å². The van der Waals surface area contributed by atoms with Gasteiger partial charge >= 0.3 is 0 Å². The van der Waals surface area contributed by atoms with Crippen molar-refractivity contribution in [3.63, 3.8) is 0 Å². The van der Waals surface area contributed by atoms with Gasteiger partial charge in [0.25, 0.3) is 5.91 Å². The minimum atomic E-state index is -0.0673. The SMILES string of the molecule is CC(C)(CNC(=O)c1cnn(-c2ccccc2)c1)N1CCCCC1. The number of carbonyl (C=O) groups excluding carboxylic acids is 1. The Bertz CT molecular complexity index is 672. The molecule has 1 aromatic carbocycles. The van der Waals surface area contributed by atoms with Crippen molar-refractivity contribution in [1.29, 1.82) is 0 Å². The number of hydrogen-bond acceptors (Lipinski definition) is 3. The van der Waals surface area contributed by atoms with E-state index in [2.05, 4.69) is 29.2 Å². The first-order valence-corrected chi connectivity index (χ1v) is 8.70. The highest BCUT2D eigenvalue weighted by Gasteiger charge is 2.28. The molecule has 1 N–H and O–H groups in total. The third-order valence-corrected chi connectivity index (χ3v) is 4.76. The maximum atomic E-state index is 12.4. The fourth-order valence-electron chi connectivity index (χ4n) is 3.17. The number of likely N-dealkylation sites (tertiary alicyclic amines) is 1. The zero-order valence-electron chi connectivity index (χ0n) is 14.5. The molecule has 3 rings (SSSR count). The summed E-state index contributed by atoms with van der Waals surface area (Å²) in [7, 11) is 0. The standard InChI is InChI=1S/C19H26N4O/c1-19(2,22-11-7-4-8-12-22)15-20-18(24)16-13-21-23(14-16)17-9-5-3-6-10-17/h3,5-6,9-10,13-14H,4,7-8,11-12,15H2,1-2H3,(H,20,24). The lowest BCUT2D eigenvalue weighted by atomic mass is 9.98. The molecule has 1 amide bonds. The molecule has 2 heterocycles. The van der Waals surface area contributed by atoms with Crippen LogP contribution in [0.5, 0.6) is 0 Å². The number of nitrogens with one attached hydrogen (secondary N) is 1. The van der Waals surface area contributed by atoms with Gasteiger partial charge in [0.1, 0.15) is 0 Å². The summed E-state index contributed by atoms with van der Waals surface area (Å²) in [6.45, 7) is 7.28. The number of benzene rings is 1. The number of aromatic nitrogens is 2. The van der Waals surface area contributed by atoms with Gasteiger partial charge in [-0.1, -0.05) is 24.6 Å². The van der Waals surface area contributed by atoms with Gasteiger partial charge in [-0.2, -0.15) is 5.10 Å². The van der Waals surface area contributed by atoms with E-state index < -0.39 is 0 Å². The molecule has 1 aliphatic heterocycles. The maximum absolute atomic E-state index is 12.4. The largest absolute Gasteiger partial charge is 0.350 e. The third kappa shape index (κ3) is 3.85. The third-order valence-electron chi connectivity index (χ3n) is 4.76. The zero-order chi connectivity index (χ0) is 17.0. The second-order valence-electron chi connectivity index (χ2n) is 7.05. The molecule has 0 spiro atoms. The molecule has 0 bridgehead atoms. The van der Waals surface area contributed by atoms with E-state index in [1.165, 1.54) is 19.3 Å². The number of rotatable bonds is 5. The van der Waals surface area contributed by atoms with Crippen LogP contribution in [0.2, 0.25) is 0 Å². The first-order valence-electron chi connectivity index (χ1n) is 8.70. The molecule has 128 valence electrons. The second-order valence-corrected chi connectivity index (χ2v) is 7.05. The van der Waals surface area contributed by atoms with E-state index in [1.807, 2.05) is 30.3 Å². The van der Waals surface area contributed by atoms with Crippen LogP contribution in [0.15, 0.2) is 42.7 Å². The minimum Gasteiger partial charge on any atom is -0.350 e. The minimum absolute atomic E-state index is 0.0223. The van der Waals surface area contributed by atoms with E-state index in [0.29, 0.717) is 12.1 Å². The van der Waals surface area contributed by atoms with E-state index in [-0.39, 0.29) is 11.4 Å². The number of hydrogen-bond donors (Lipinski definition) is 1. The number of carbonyl (C=O) groups is 1. The molecule has 24 heavy (non-hydrogen) atoms. The van der Waals surface area contributed by atoms with Crippen molar-refractivity contribution >= 4 is 5.91 Å². The van der Waals surface area contributed by atoms with Crippen molar-refractivity contribution in [2.24, 2.45) is 0 Å². The average Bonchev–Trinajstić information content (AvgIpc) is 3.11. The van der Waals surface area contributed by atoms with Gasteiger partial charge in [0.05, 0.1) is 17.4 Å². The van der Waals surface area contributed by atoms with Gasteiger partial charge in [-0.05, 0) is 51.9 Å². The summed E-state index contributed by atoms with van der Waals surface area (Å²) in [5.41, 5.74) is 1.52. The van der Waals surface area contributed by atoms with Gasteiger partial charge in [-0.3, -0.25) is 9.69 Å². The lowest BCUT2D eigenvalue weighted by Gasteiger charge is -2.41. The van der Waals surface area contributed by atoms with E-state index in [1.54, 1.807) is 17.1 Å². The van der Waals surface area contributed by atoms with Crippen molar-refractivity contribution in [3.8, 4) is 5.69 Å². The fraction of sp³-hybridized carbons (Fsp3) is 0.474. The molecular weight excluding hydrogens is 300 g/mol. The normalized spacial score (nSPS) is 16.1. The predicted molar refractivity (Wildman–Crippen MR) is 95.4 cm³/mol. The first kappa shape index (κ1) is 16.7. The lowest BCUT2D eigenvalue weighted by molar-refractivity contribution is 0.0797. The molecule has 0 saturated carbocycles. The molecule has 5 heteroatoms. The second kappa shape index (κ2) is 7.18. The van der Waals surface area contributed by atoms with Crippen LogP contribution in [-0.4, -0.2) is 45.8 Å². The van der Waals surface area contributed by atoms with Gasteiger partial charge in [0.15, 0.2) is 0 Å². The molecule has 0 aliphatic carbocycles. The Morgan fingerprint density at radius 2 is 1.88 bits per heavy atom. The molecule has 1 fully saturated rings. The quantitative estimate of drug-likeness (QED) is 0.919. The number of piperidine rings is 1. The van der Waals surface area contributed by atoms with Crippen LogP contribution >= 0.6 is 0 Å². The number of para-hydroxylation sites is 1. The van der Waals surface area contributed by atoms with Crippen molar-refractivity contribution in [3.05, 3.63) is 48.3 Å². The smallest absolute Gasteiger partial charge is 0.254 e. The molecule has 0 unspecified atom stereocenters. The highest BCUT2D eigenvalue weighted by Crippen LogP contribution is 2.20. The Kier molecular flexibility index (Phi) is 5.00. The summed E-state index contributed by atoms with van der Waals surface area (Å²) < 4.78 is 1.73. The maximum Gasteiger partial charge on any atom is 0.254 e. The van der Waals surface area contributed by atoms with E-state index in [9.17, 15) is 4.79 Å². The van der Waals surface area contributed by atoms with Gasteiger partial charge in [-0.15, -0.1) is 0 Å². The van der Waals surface area contributed by atoms with E-state index in [0.717, 1.165) is 18.8 Å². The van der Waals surface area contributed by atoms with Crippen molar-refractivity contribution < 1.29 is 4.79 Å². The van der Waals surface area contributed by atoms with Gasteiger partial charge in [0, 0.05) is 18.3 Å². The molecule has 1 aliphatic rings. The topological polar surface area (TPSA) is 50.2 Å². The van der Waals surface area contributed by atoms with E-state index in [4.69, 9.17) is 0 Å². The van der Waals surface area contributed by atoms with Crippen LogP contribution in [-0.2, 0) is 0 Å². The number of nitrogens with zero attached hydrogens (tertiary/aromatic N) is 3. The van der Waals surface area contributed by atoms with Crippen molar-refractivity contribution in [2.75, 3.05) is 19.6 Å². The Balaban J connectivity index is 1.60. The fourth-order valence-corrected chi connectivity index (χ4v) is 3.17. The average molecular weight is 326 g/mol. The molecule has 2 aromatic rings. The summed E-state index contributed by atoms with van der Waals surface area (Å²) in [5, 5.41) is 7.35. The molecular formula is C19H26N4O. The Morgan fingerprint density at radius 1 is 1.17 bits per heavy atom. The summed E-state index contributed by atoms with van der Waals surface area (Å²) in [6, 6.07) is 9.81. The van der Waals surface area contributed by atoms with Crippen molar-refractivity contribution in [2.45, 2.75) is 38.6 Å². The zero-order valence-corrected chi connectivity index (χ0v) is 14.5. The van der Waals surface area contributed by atoms with Crippen molar-refractivity contribution in [1.82, 2.24) is 20.0 Å². The Morgan fingerprint density at radius 3 is 2.58 bits per heavy atom. The molecule has 0 atom stereocenters. The van der Waals surface area contributed by atoms with E-state index >= 15 is 0 Å². The predicted octanol–water partition coefficient (Wildman–Crippen LogP) is 2.87. The lowest BCUT2D eigenvalue weighted by Crippen LogP contribution is -2.53. The summed E-state index contributed by atoms with van der Waals surface area (Å²) in [5.74, 6) is -0.0673. The van der Waals surface area contributed by atoms with Gasteiger partial charge < -0.3 is 5.32 Å². The highest BCUT2D eigenvalue weighted by atomic mass is 16.1. The van der Waals surface area contributed by atoms with Crippen LogP contribution in [0.3, 0.4) is 0 Å². The summed E-state index contributed by atoms with van der Waals surface area (Å²) in [6.07, 6.45) is 7.22. The van der Waals surface area contributed by atoms with Crippen LogP contribution in [0.25, 0.3) is 5.69 Å². The molecule has 5 nitrogen and oxygen atoms in total. The molecule has 1 saturated heterocycles. The Hall–Kier alpha value is -2.14. The summed E-state index contributed by atoms with van der Waals surface area (Å²) in [4.78, 5) is 14.9. The summed E-state index contributed by atoms with van der Waals surface area (Å²) >= 11 is 0. The monoisotopic (exact) mass is 326 g/mol.